The van der Waals surface area contributed by atoms with Gasteiger partial charge in [0.05, 0.1) is 15.0 Å². The van der Waals surface area contributed by atoms with Gasteiger partial charge in [0.15, 0.2) is 0 Å². The van der Waals surface area contributed by atoms with Crippen molar-refractivity contribution in [3.63, 3.8) is 0 Å². The molecule has 0 aliphatic rings. The van der Waals surface area contributed by atoms with Crippen LogP contribution in [0.5, 0.6) is 0 Å². The number of rotatable bonds is 1. The van der Waals surface area contributed by atoms with E-state index < -0.39 is 4.92 Å². The van der Waals surface area contributed by atoms with Gasteiger partial charge in [0.2, 0.25) is 0 Å². The minimum absolute atomic E-state index is 0.0110. The molecular weight excluding hydrogens is 237 g/mol. The zero-order valence-electron chi connectivity index (χ0n) is 8.67. The minimum Gasteiger partial charge on any atom is -0.258 e. The summed E-state index contributed by atoms with van der Waals surface area (Å²) in [5.41, 5.74) is 0.259. The molecule has 0 radical (unpaired) electrons. The molecule has 0 unspecified atom stereocenters. The molecule has 0 amide bonds. The summed E-state index contributed by atoms with van der Waals surface area (Å²) < 4.78 is 0. The number of nitro benzene ring substituents is 1. The number of nitro groups is 1. The zero-order chi connectivity index (χ0) is 11.8. The van der Waals surface area contributed by atoms with Crippen LogP contribution in [0.25, 0.3) is 0 Å². The molecule has 0 saturated carbocycles. The van der Waals surface area contributed by atoms with Crippen molar-refractivity contribution in [3.05, 3.63) is 37.9 Å². The zero-order valence-corrected chi connectivity index (χ0v) is 10.2. The minimum atomic E-state index is -0.442. The van der Waals surface area contributed by atoms with E-state index in [0.717, 1.165) is 0 Å². The Bertz CT molecular complexity index is 411. The van der Waals surface area contributed by atoms with Crippen LogP contribution in [0.4, 0.5) is 5.69 Å². The average Bonchev–Trinajstić information content (AvgIpc) is 2.06. The highest BCUT2D eigenvalue weighted by Gasteiger charge is 2.26. The van der Waals surface area contributed by atoms with E-state index in [-0.39, 0.29) is 16.1 Å². The molecule has 15 heavy (non-hydrogen) atoms. The summed E-state index contributed by atoms with van der Waals surface area (Å²) in [6, 6.07) is 2.85. The van der Waals surface area contributed by atoms with E-state index in [1.54, 1.807) is 6.07 Å². The molecule has 0 aromatic heterocycles. The van der Waals surface area contributed by atoms with Crippen molar-refractivity contribution >= 4 is 28.9 Å². The predicted octanol–water partition coefficient (Wildman–Crippen LogP) is 4.20. The lowest BCUT2D eigenvalue weighted by molar-refractivity contribution is -0.386. The van der Waals surface area contributed by atoms with Crippen molar-refractivity contribution in [2.45, 2.75) is 26.2 Å². The molecule has 0 aliphatic heterocycles. The van der Waals surface area contributed by atoms with Gasteiger partial charge >= 0.3 is 0 Å². The van der Waals surface area contributed by atoms with E-state index >= 15 is 0 Å². The molecule has 0 N–H and O–H groups in total. The molecule has 82 valence electrons. The van der Waals surface area contributed by atoms with E-state index in [9.17, 15) is 10.1 Å². The molecule has 3 nitrogen and oxygen atoms in total. The molecule has 0 aliphatic carbocycles. The summed E-state index contributed by atoms with van der Waals surface area (Å²) in [6.07, 6.45) is 0. The fraction of sp³-hybridized carbons (Fsp3) is 0.400. The molecule has 0 bridgehead atoms. The first-order valence-electron chi connectivity index (χ1n) is 4.37. The van der Waals surface area contributed by atoms with Crippen molar-refractivity contribution in [1.82, 2.24) is 0 Å². The number of nitrogens with zero attached hydrogens (tertiary/aromatic N) is 1. The highest BCUT2D eigenvalue weighted by atomic mass is 35.5. The van der Waals surface area contributed by atoms with Gasteiger partial charge in [-0.15, -0.1) is 0 Å². The third kappa shape index (κ3) is 2.61. The summed E-state index contributed by atoms with van der Waals surface area (Å²) in [6.45, 7) is 5.67. The third-order valence-corrected chi connectivity index (χ3v) is 2.77. The van der Waals surface area contributed by atoms with Gasteiger partial charge in [-0.1, -0.05) is 44.0 Å². The molecule has 0 saturated heterocycles. The molecule has 0 heterocycles. The smallest absolute Gasteiger partial charge is 0.258 e. The van der Waals surface area contributed by atoms with Gasteiger partial charge in [-0.05, 0) is 11.5 Å². The molecule has 5 heteroatoms. The second-order valence-corrected chi connectivity index (χ2v) is 5.10. The normalized spacial score (nSPS) is 11.5. The van der Waals surface area contributed by atoms with E-state index in [1.807, 2.05) is 20.8 Å². The Morgan fingerprint density at radius 3 is 2.07 bits per heavy atom. The highest BCUT2D eigenvalue weighted by Crippen LogP contribution is 2.36. The van der Waals surface area contributed by atoms with Crippen molar-refractivity contribution in [2.24, 2.45) is 0 Å². The van der Waals surface area contributed by atoms with Crippen molar-refractivity contribution in [1.29, 1.82) is 0 Å². The molecule has 1 rings (SSSR count). The monoisotopic (exact) mass is 247 g/mol. The Labute approximate surface area is 98.2 Å². The van der Waals surface area contributed by atoms with Crippen molar-refractivity contribution < 1.29 is 4.92 Å². The largest absolute Gasteiger partial charge is 0.274 e. The topological polar surface area (TPSA) is 43.1 Å². The Kier molecular flexibility index (Phi) is 3.26. The maximum absolute atomic E-state index is 10.8. The first kappa shape index (κ1) is 12.3. The quantitative estimate of drug-likeness (QED) is 0.552. The van der Waals surface area contributed by atoms with Crippen LogP contribution in [0.15, 0.2) is 12.1 Å². The number of hydrogen-bond donors (Lipinski definition) is 0. The second-order valence-electron chi connectivity index (χ2n) is 4.29. The summed E-state index contributed by atoms with van der Waals surface area (Å²) in [7, 11) is 0. The summed E-state index contributed by atoms with van der Waals surface area (Å²) in [5, 5.41) is 11.4. The van der Waals surface area contributed by atoms with Crippen LogP contribution in [0.3, 0.4) is 0 Å². The molecule has 1 aromatic carbocycles. The average molecular weight is 248 g/mol. The van der Waals surface area contributed by atoms with Crippen LogP contribution in [0.1, 0.15) is 26.3 Å². The molecule has 0 fully saturated rings. The van der Waals surface area contributed by atoms with Crippen LogP contribution in [-0.2, 0) is 5.41 Å². The predicted molar refractivity (Wildman–Crippen MR) is 61.8 cm³/mol. The third-order valence-electron chi connectivity index (χ3n) is 2.04. The van der Waals surface area contributed by atoms with Gasteiger partial charge in [-0.25, -0.2) is 0 Å². The molecule has 1 aromatic rings. The van der Waals surface area contributed by atoms with Crippen LogP contribution in [0, 0.1) is 10.1 Å². The first-order valence-corrected chi connectivity index (χ1v) is 5.13. The molecular formula is C10H11Cl2NO2. The van der Waals surface area contributed by atoms with Crippen LogP contribution in [-0.4, -0.2) is 4.92 Å². The van der Waals surface area contributed by atoms with Gasteiger partial charge in [-0.3, -0.25) is 10.1 Å². The van der Waals surface area contributed by atoms with Gasteiger partial charge in [0.25, 0.3) is 5.69 Å². The summed E-state index contributed by atoms with van der Waals surface area (Å²) in [4.78, 5) is 10.4. The highest BCUT2D eigenvalue weighted by molar-refractivity contribution is 6.42. The first-order chi connectivity index (χ1) is 6.73. The summed E-state index contributed by atoms with van der Waals surface area (Å²) in [5.74, 6) is 0. The Morgan fingerprint density at radius 2 is 1.67 bits per heavy atom. The summed E-state index contributed by atoms with van der Waals surface area (Å²) >= 11 is 11.6. The van der Waals surface area contributed by atoms with E-state index in [0.29, 0.717) is 10.6 Å². The SMILES string of the molecule is CC(C)(C)c1cc(Cl)c(Cl)cc1[N+](=O)[O-]. The molecule has 0 spiro atoms. The van der Waals surface area contributed by atoms with Crippen LogP contribution >= 0.6 is 23.2 Å². The lowest BCUT2D eigenvalue weighted by Crippen LogP contribution is -2.13. The lowest BCUT2D eigenvalue weighted by Gasteiger charge is -2.19. The fourth-order valence-electron chi connectivity index (χ4n) is 1.29. The van der Waals surface area contributed by atoms with Crippen molar-refractivity contribution in [2.75, 3.05) is 0 Å². The van der Waals surface area contributed by atoms with Gasteiger partial charge in [0, 0.05) is 11.6 Å². The second kappa shape index (κ2) is 3.99. The van der Waals surface area contributed by atoms with Crippen molar-refractivity contribution in [3.8, 4) is 0 Å². The Balaban J connectivity index is 3.49. The molecule has 0 atom stereocenters. The number of benzene rings is 1. The lowest BCUT2D eigenvalue weighted by atomic mass is 9.86. The number of hydrogen-bond acceptors (Lipinski definition) is 2. The fourth-order valence-corrected chi connectivity index (χ4v) is 1.61. The van der Waals surface area contributed by atoms with Gasteiger partial charge < -0.3 is 0 Å². The standard InChI is InChI=1S/C10H11Cl2NO2/c1-10(2,3)6-4-7(11)8(12)5-9(6)13(14)15/h4-5H,1-3H3. The maximum Gasteiger partial charge on any atom is 0.274 e. The van der Waals surface area contributed by atoms with E-state index in [2.05, 4.69) is 0 Å². The van der Waals surface area contributed by atoms with Crippen LogP contribution in [0.2, 0.25) is 10.0 Å². The Morgan fingerprint density at radius 1 is 1.20 bits per heavy atom. The van der Waals surface area contributed by atoms with Gasteiger partial charge in [0.1, 0.15) is 0 Å². The number of halogens is 2. The van der Waals surface area contributed by atoms with Gasteiger partial charge in [-0.2, -0.15) is 0 Å². The Hall–Kier alpha value is -0.800. The van der Waals surface area contributed by atoms with Crippen LogP contribution < -0.4 is 0 Å². The van der Waals surface area contributed by atoms with E-state index in [1.165, 1.54) is 6.07 Å². The maximum atomic E-state index is 10.8. The van der Waals surface area contributed by atoms with E-state index in [4.69, 9.17) is 23.2 Å².